The zero-order chi connectivity index (χ0) is 16.3. The number of hydrogen-bond donors (Lipinski definition) is 0. The molecule has 0 aromatic heterocycles. The van der Waals surface area contributed by atoms with Gasteiger partial charge in [0.1, 0.15) is 0 Å². The fourth-order valence-electron chi connectivity index (χ4n) is 2.83. The molecular weight excluding hydrogens is 278 g/mol. The zero-order valence-corrected chi connectivity index (χ0v) is 13.9. The van der Waals surface area contributed by atoms with Crippen LogP contribution >= 0.6 is 0 Å². The maximum absolute atomic E-state index is 12.7. The average Bonchev–Trinajstić information content (AvgIpc) is 2.53. The predicted molar refractivity (Wildman–Crippen MR) is 88.1 cm³/mol. The second-order valence-electron chi connectivity index (χ2n) is 6.27. The lowest BCUT2D eigenvalue weighted by Gasteiger charge is -2.33. The van der Waals surface area contributed by atoms with Crippen LogP contribution in [0.2, 0.25) is 0 Å². The molecular formula is C17H25N3O2. The summed E-state index contributed by atoms with van der Waals surface area (Å²) in [5.74, 6) is 0.0456. The Morgan fingerprint density at radius 2 is 1.91 bits per heavy atom. The topological polar surface area (TPSA) is 43.9 Å². The van der Waals surface area contributed by atoms with Gasteiger partial charge in [-0.2, -0.15) is 0 Å². The smallest absolute Gasteiger partial charge is 0.253 e. The summed E-state index contributed by atoms with van der Waals surface area (Å²) < 4.78 is 0. The van der Waals surface area contributed by atoms with E-state index in [9.17, 15) is 9.59 Å². The minimum atomic E-state index is -0.0790. The minimum absolute atomic E-state index is 0.0138. The molecule has 0 saturated carbocycles. The van der Waals surface area contributed by atoms with Crippen LogP contribution in [0.25, 0.3) is 0 Å². The van der Waals surface area contributed by atoms with Gasteiger partial charge in [0.15, 0.2) is 0 Å². The number of piperidine rings is 1. The molecule has 2 amide bonds. The molecule has 1 fully saturated rings. The molecule has 1 atom stereocenters. The summed E-state index contributed by atoms with van der Waals surface area (Å²) in [5, 5.41) is 0. The van der Waals surface area contributed by atoms with Crippen LogP contribution in [0.15, 0.2) is 24.3 Å². The van der Waals surface area contributed by atoms with Crippen molar-refractivity contribution in [2.45, 2.75) is 12.8 Å². The number of amides is 2. The Kier molecular flexibility index (Phi) is 5.06. The number of benzene rings is 1. The lowest BCUT2D eigenvalue weighted by Crippen LogP contribution is -2.45. The van der Waals surface area contributed by atoms with Gasteiger partial charge in [-0.1, -0.05) is 6.07 Å². The third-order valence-electron chi connectivity index (χ3n) is 4.11. The van der Waals surface area contributed by atoms with E-state index in [0.29, 0.717) is 12.1 Å². The second kappa shape index (κ2) is 6.81. The van der Waals surface area contributed by atoms with Crippen molar-refractivity contribution >= 4 is 17.5 Å². The molecule has 22 heavy (non-hydrogen) atoms. The Balaban J connectivity index is 2.12. The zero-order valence-electron chi connectivity index (χ0n) is 13.9. The fourth-order valence-corrected chi connectivity index (χ4v) is 2.83. The van der Waals surface area contributed by atoms with Gasteiger partial charge in [0.25, 0.3) is 5.91 Å². The normalized spacial score (nSPS) is 18.0. The third kappa shape index (κ3) is 3.59. The Morgan fingerprint density at radius 3 is 2.55 bits per heavy atom. The first-order valence-electron chi connectivity index (χ1n) is 7.68. The Morgan fingerprint density at radius 1 is 1.18 bits per heavy atom. The molecule has 5 nitrogen and oxygen atoms in total. The first kappa shape index (κ1) is 16.3. The molecule has 1 aromatic rings. The number of rotatable bonds is 3. The summed E-state index contributed by atoms with van der Waals surface area (Å²) in [6.07, 6.45) is 1.74. The van der Waals surface area contributed by atoms with Gasteiger partial charge in [-0.3, -0.25) is 9.59 Å². The van der Waals surface area contributed by atoms with Crippen LogP contribution in [0.4, 0.5) is 5.69 Å². The largest absolute Gasteiger partial charge is 0.378 e. The van der Waals surface area contributed by atoms with Crippen LogP contribution in [-0.2, 0) is 4.79 Å². The molecule has 1 saturated heterocycles. The van der Waals surface area contributed by atoms with E-state index in [1.807, 2.05) is 48.2 Å². The first-order chi connectivity index (χ1) is 10.4. The number of anilines is 1. The average molecular weight is 303 g/mol. The van der Waals surface area contributed by atoms with E-state index in [1.54, 1.807) is 19.0 Å². The molecule has 0 N–H and O–H groups in total. The Bertz CT molecular complexity index is 555. The van der Waals surface area contributed by atoms with Gasteiger partial charge in [-0.15, -0.1) is 0 Å². The fraction of sp³-hybridized carbons (Fsp3) is 0.529. The summed E-state index contributed by atoms with van der Waals surface area (Å²) in [6, 6.07) is 7.62. The number of carbonyl (C=O) groups excluding carboxylic acids is 2. The molecule has 120 valence electrons. The van der Waals surface area contributed by atoms with Gasteiger partial charge < -0.3 is 14.7 Å². The maximum Gasteiger partial charge on any atom is 0.253 e. The predicted octanol–water partition coefficient (Wildman–Crippen LogP) is 1.69. The molecule has 0 unspecified atom stereocenters. The molecule has 0 aliphatic carbocycles. The number of hydrogen-bond acceptors (Lipinski definition) is 3. The van der Waals surface area contributed by atoms with E-state index in [-0.39, 0.29) is 17.7 Å². The van der Waals surface area contributed by atoms with E-state index < -0.39 is 0 Å². The molecule has 0 spiro atoms. The number of carbonyl (C=O) groups is 2. The van der Waals surface area contributed by atoms with Crippen LogP contribution < -0.4 is 4.90 Å². The highest BCUT2D eigenvalue weighted by Crippen LogP contribution is 2.21. The van der Waals surface area contributed by atoms with Crippen molar-refractivity contribution in [3.8, 4) is 0 Å². The molecule has 5 heteroatoms. The van der Waals surface area contributed by atoms with Crippen molar-refractivity contribution in [1.29, 1.82) is 0 Å². The van der Waals surface area contributed by atoms with E-state index in [0.717, 1.165) is 25.1 Å². The minimum Gasteiger partial charge on any atom is -0.378 e. The summed E-state index contributed by atoms with van der Waals surface area (Å²) in [5.41, 5.74) is 1.69. The van der Waals surface area contributed by atoms with Crippen LogP contribution in [0.1, 0.15) is 23.2 Å². The maximum atomic E-state index is 12.7. The van der Waals surface area contributed by atoms with Crippen LogP contribution in [-0.4, -0.2) is 62.9 Å². The highest BCUT2D eigenvalue weighted by molar-refractivity contribution is 5.95. The van der Waals surface area contributed by atoms with Crippen molar-refractivity contribution in [1.82, 2.24) is 9.80 Å². The molecule has 0 radical (unpaired) electrons. The standard InChI is InChI=1S/C17H25N3O2/c1-18(2)15-9-5-7-13(11-15)17(22)20-10-6-8-14(12-20)16(21)19(3)4/h5,7,9,11,14H,6,8,10,12H2,1-4H3/t14-/m0/s1. The molecule has 1 aromatic carbocycles. The van der Waals surface area contributed by atoms with Gasteiger partial charge >= 0.3 is 0 Å². The van der Waals surface area contributed by atoms with E-state index in [1.165, 1.54) is 0 Å². The first-order valence-corrected chi connectivity index (χ1v) is 7.68. The van der Waals surface area contributed by atoms with Gasteiger partial charge in [0, 0.05) is 52.5 Å². The monoisotopic (exact) mass is 303 g/mol. The lowest BCUT2D eigenvalue weighted by atomic mass is 9.96. The number of likely N-dealkylation sites (tertiary alicyclic amines) is 1. The van der Waals surface area contributed by atoms with Crippen molar-refractivity contribution in [3.63, 3.8) is 0 Å². The highest BCUT2D eigenvalue weighted by Gasteiger charge is 2.29. The van der Waals surface area contributed by atoms with E-state index in [4.69, 9.17) is 0 Å². The molecule has 0 bridgehead atoms. The van der Waals surface area contributed by atoms with Crippen molar-refractivity contribution in [2.75, 3.05) is 46.2 Å². The van der Waals surface area contributed by atoms with E-state index in [2.05, 4.69) is 0 Å². The second-order valence-corrected chi connectivity index (χ2v) is 6.27. The quantitative estimate of drug-likeness (QED) is 0.853. The highest BCUT2D eigenvalue weighted by atomic mass is 16.2. The molecule has 1 aliphatic rings. The van der Waals surface area contributed by atoms with Crippen molar-refractivity contribution in [3.05, 3.63) is 29.8 Å². The van der Waals surface area contributed by atoms with Crippen LogP contribution in [0.5, 0.6) is 0 Å². The van der Waals surface area contributed by atoms with Crippen LogP contribution in [0.3, 0.4) is 0 Å². The van der Waals surface area contributed by atoms with E-state index >= 15 is 0 Å². The summed E-state index contributed by atoms with van der Waals surface area (Å²) in [6.45, 7) is 1.24. The van der Waals surface area contributed by atoms with Gasteiger partial charge in [0.2, 0.25) is 5.91 Å². The molecule has 1 aliphatic heterocycles. The lowest BCUT2D eigenvalue weighted by molar-refractivity contribution is -0.134. The van der Waals surface area contributed by atoms with Gasteiger partial charge in [-0.05, 0) is 31.0 Å². The van der Waals surface area contributed by atoms with Gasteiger partial charge in [-0.25, -0.2) is 0 Å². The van der Waals surface area contributed by atoms with Gasteiger partial charge in [0.05, 0.1) is 5.92 Å². The summed E-state index contributed by atoms with van der Waals surface area (Å²) in [7, 11) is 7.44. The molecule has 1 heterocycles. The Hall–Kier alpha value is -2.04. The summed E-state index contributed by atoms with van der Waals surface area (Å²) >= 11 is 0. The summed E-state index contributed by atoms with van der Waals surface area (Å²) in [4.78, 5) is 30.2. The Labute approximate surface area is 132 Å². The third-order valence-corrected chi connectivity index (χ3v) is 4.11. The van der Waals surface area contributed by atoms with Crippen molar-refractivity contribution in [2.24, 2.45) is 5.92 Å². The van der Waals surface area contributed by atoms with Crippen LogP contribution in [0, 0.1) is 5.92 Å². The SMILES string of the molecule is CN(C)C(=O)[C@H]1CCCN(C(=O)c2cccc(N(C)C)c2)C1. The number of nitrogens with zero attached hydrogens (tertiary/aromatic N) is 3. The van der Waals surface area contributed by atoms with Crippen molar-refractivity contribution < 1.29 is 9.59 Å². The molecule has 2 rings (SSSR count).